The van der Waals surface area contributed by atoms with Gasteiger partial charge in [0.2, 0.25) is 10.0 Å². The summed E-state index contributed by atoms with van der Waals surface area (Å²) in [7, 11) is -4.12. The maximum Gasteiger partial charge on any atom is 0.430 e. The van der Waals surface area contributed by atoms with Crippen LogP contribution in [0.2, 0.25) is 0 Å². The Balaban J connectivity index is 1.42. The number of nitrogens with one attached hydrogen (secondary N) is 1. The Labute approximate surface area is 245 Å². The first kappa shape index (κ1) is 29.6. The molecule has 0 radical (unpaired) electrons. The van der Waals surface area contributed by atoms with Gasteiger partial charge in [0.05, 0.1) is 11.8 Å². The van der Waals surface area contributed by atoms with Crippen LogP contribution >= 0.6 is 0 Å². The molecule has 1 saturated heterocycles. The Bertz CT molecular complexity index is 1480. The van der Waals surface area contributed by atoms with E-state index in [1.165, 1.54) is 0 Å². The van der Waals surface area contributed by atoms with Crippen molar-refractivity contribution >= 4 is 33.9 Å². The van der Waals surface area contributed by atoms with Crippen LogP contribution in [0.15, 0.2) is 60.7 Å². The molecule has 2 bridgehead atoms. The summed E-state index contributed by atoms with van der Waals surface area (Å²) in [5.41, 5.74) is 2.50. The van der Waals surface area contributed by atoms with Crippen LogP contribution in [-0.4, -0.2) is 59.4 Å². The van der Waals surface area contributed by atoms with Crippen molar-refractivity contribution in [3.8, 4) is 0 Å². The van der Waals surface area contributed by atoms with Gasteiger partial charge in [-0.3, -0.25) is 9.59 Å². The van der Waals surface area contributed by atoms with Gasteiger partial charge in [-0.25, -0.2) is 27.7 Å². The second-order valence-electron chi connectivity index (χ2n) is 11.9. The second kappa shape index (κ2) is 11.0. The van der Waals surface area contributed by atoms with E-state index in [-0.39, 0.29) is 30.3 Å². The van der Waals surface area contributed by atoms with Gasteiger partial charge in [0.25, 0.3) is 5.91 Å². The second-order valence-corrected chi connectivity index (χ2v) is 13.7. The van der Waals surface area contributed by atoms with Crippen molar-refractivity contribution in [3.63, 3.8) is 0 Å². The molecule has 2 saturated carbocycles. The monoisotopic (exact) mass is 597 g/mol. The van der Waals surface area contributed by atoms with E-state index in [1.54, 1.807) is 60.7 Å². The van der Waals surface area contributed by atoms with Crippen LogP contribution in [0.25, 0.3) is 0 Å². The molecule has 2 aromatic rings. The minimum atomic E-state index is -4.12. The Hall–Kier alpha value is -3.93. The van der Waals surface area contributed by atoms with Crippen molar-refractivity contribution in [1.29, 1.82) is 0 Å². The summed E-state index contributed by atoms with van der Waals surface area (Å²) in [6.07, 6.45) is -0.354. The number of carbonyl (C=O) groups is 4. The Morgan fingerprint density at radius 2 is 1.55 bits per heavy atom. The van der Waals surface area contributed by atoms with Gasteiger partial charge in [0, 0.05) is 5.41 Å². The van der Waals surface area contributed by atoms with E-state index in [0.29, 0.717) is 29.0 Å². The van der Waals surface area contributed by atoms with E-state index >= 15 is 0 Å². The summed E-state index contributed by atoms with van der Waals surface area (Å²) in [6.45, 7) is 4.75. The van der Waals surface area contributed by atoms with Gasteiger partial charge in [-0.05, 0) is 48.6 Å². The van der Waals surface area contributed by atoms with Crippen LogP contribution < -0.4 is 5.43 Å². The summed E-state index contributed by atoms with van der Waals surface area (Å²) < 4.78 is 38.5. The van der Waals surface area contributed by atoms with Crippen molar-refractivity contribution in [1.82, 2.24) is 14.7 Å². The van der Waals surface area contributed by atoms with Gasteiger partial charge in [-0.1, -0.05) is 74.5 Å². The molecule has 2 aromatic carbocycles. The molecule has 5 rings (SSSR count). The quantitative estimate of drug-likeness (QED) is 0.376. The number of amides is 3. The van der Waals surface area contributed by atoms with E-state index in [4.69, 9.17) is 9.47 Å². The van der Waals surface area contributed by atoms with Crippen LogP contribution in [0.3, 0.4) is 0 Å². The molecular weight excluding hydrogens is 562 g/mol. The summed E-state index contributed by atoms with van der Waals surface area (Å²) in [5, 5.41) is 0.444. The highest BCUT2D eigenvalue weighted by Crippen LogP contribution is 2.70. The number of ketones is 1. The van der Waals surface area contributed by atoms with Crippen molar-refractivity contribution in [2.45, 2.75) is 65.3 Å². The van der Waals surface area contributed by atoms with E-state index in [1.807, 2.05) is 13.8 Å². The molecule has 224 valence electrons. The maximum atomic E-state index is 14.1. The van der Waals surface area contributed by atoms with Gasteiger partial charge < -0.3 is 9.47 Å². The number of hydrogen-bond acceptors (Lipinski definition) is 8. The van der Waals surface area contributed by atoms with E-state index in [2.05, 4.69) is 5.43 Å². The zero-order valence-electron chi connectivity index (χ0n) is 23.8. The lowest BCUT2D eigenvalue weighted by Gasteiger charge is -2.38. The fourth-order valence-electron chi connectivity index (χ4n) is 7.02. The number of sulfonamides is 1. The molecule has 3 amide bonds. The fourth-order valence-corrected chi connectivity index (χ4v) is 9.57. The van der Waals surface area contributed by atoms with Gasteiger partial charge in [-0.15, -0.1) is 0 Å². The highest BCUT2D eigenvalue weighted by Gasteiger charge is 2.72. The van der Waals surface area contributed by atoms with Crippen LogP contribution in [0, 0.1) is 16.7 Å². The molecule has 42 heavy (non-hydrogen) atoms. The van der Waals surface area contributed by atoms with E-state index in [0.717, 1.165) is 17.6 Å². The van der Waals surface area contributed by atoms with E-state index < -0.39 is 51.4 Å². The number of fused-ring (bicyclic) bond motifs is 1. The molecular formula is C30H35N3O8S. The number of hydrazine groups is 1. The molecule has 1 N–H and O–H groups in total. The summed E-state index contributed by atoms with van der Waals surface area (Å²) in [4.78, 5) is 53.3. The first-order valence-corrected chi connectivity index (χ1v) is 15.5. The number of ether oxygens (including phenoxy) is 2. The first-order chi connectivity index (χ1) is 19.9. The molecule has 2 aliphatic carbocycles. The highest BCUT2D eigenvalue weighted by molar-refractivity contribution is 7.90. The molecule has 3 aliphatic rings. The number of carbonyl (C=O) groups excluding carboxylic acids is 4. The number of rotatable bonds is 7. The molecule has 1 spiro atoms. The predicted molar refractivity (Wildman–Crippen MR) is 151 cm³/mol. The molecule has 12 heteroatoms. The van der Waals surface area contributed by atoms with Gasteiger partial charge in [-0.2, -0.15) is 5.01 Å². The molecule has 1 heterocycles. The van der Waals surface area contributed by atoms with Crippen LogP contribution in [0.5, 0.6) is 0 Å². The zero-order valence-corrected chi connectivity index (χ0v) is 24.6. The lowest BCUT2D eigenvalue weighted by molar-refractivity contribution is -0.141. The molecule has 0 aromatic heterocycles. The fraction of sp³-hybridized carbons (Fsp3) is 0.467. The third-order valence-electron chi connectivity index (χ3n) is 9.33. The van der Waals surface area contributed by atoms with Crippen molar-refractivity contribution in [3.05, 3.63) is 71.8 Å². The number of benzene rings is 2. The first-order valence-electron chi connectivity index (χ1n) is 13.9. The number of Topliss-reactive ketones (excluding diaryl/α,β-unsaturated/α-hetero) is 1. The van der Waals surface area contributed by atoms with Gasteiger partial charge in [0.1, 0.15) is 13.2 Å². The SMILES string of the molecule is CC(=O)[C@H](C(=O)N1[C@@H]2CC3CCC2(CS1(=O)=O)C3(C)C)N(NC(=O)OCc1ccccc1)C(=O)OCc1ccccc1. The Morgan fingerprint density at radius 1 is 0.976 bits per heavy atom. The summed E-state index contributed by atoms with van der Waals surface area (Å²) in [5.74, 6) is -1.94. The predicted octanol–water partition coefficient (Wildman–Crippen LogP) is 3.79. The molecule has 4 atom stereocenters. The molecule has 2 unspecified atom stereocenters. The standard InChI is InChI=1S/C30H35N3O8S/c1-20(34)25(26(35)33-24-16-23-14-15-30(24,29(23,2)3)19-42(33,38)39)32(28(37)41-18-22-12-8-5-9-13-22)31-27(36)40-17-21-10-6-4-7-11-21/h4-13,23-25H,14-19H2,1-3H3,(H,31,36)/t23?,24-,25-,30?/m1/s1. The van der Waals surface area contributed by atoms with Crippen LogP contribution in [0.4, 0.5) is 9.59 Å². The largest absolute Gasteiger partial charge is 0.443 e. The molecule has 11 nitrogen and oxygen atoms in total. The van der Waals surface area contributed by atoms with Crippen LogP contribution in [-0.2, 0) is 42.3 Å². The van der Waals surface area contributed by atoms with Gasteiger partial charge >= 0.3 is 12.2 Å². The topological polar surface area (TPSA) is 139 Å². The minimum Gasteiger partial charge on any atom is -0.443 e. The lowest BCUT2D eigenvalue weighted by atomic mass is 9.69. The van der Waals surface area contributed by atoms with Crippen molar-refractivity contribution in [2.24, 2.45) is 16.7 Å². The zero-order chi connectivity index (χ0) is 30.3. The normalized spacial score (nSPS) is 25.3. The molecule has 1 aliphatic heterocycles. The minimum absolute atomic E-state index is 0.153. The number of hydrogen-bond donors (Lipinski definition) is 1. The lowest BCUT2D eigenvalue weighted by Crippen LogP contribution is -2.62. The van der Waals surface area contributed by atoms with Crippen molar-refractivity contribution in [2.75, 3.05) is 5.75 Å². The number of nitrogens with zero attached hydrogens (tertiary/aromatic N) is 2. The molecule has 3 fully saturated rings. The highest BCUT2D eigenvalue weighted by atomic mass is 32.2. The summed E-state index contributed by atoms with van der Waals surface area (Å²) >= 11 is 0. The Morgan fingerprint density at radius 3 is 2.10 bits per heavy atom. The average molecular weight is 598 g/mol. The maximum absolute atomic E-state index is 14.1. The Kier molecular flexibility index (Phi) is 7.78. The third kappa shape index (κ3) is 5.12. The van der Waals surface area contributed by atoms with Crippen molar-refractivity contribution < 1.29 is 37.1 Å². The smallest absolute Gasteiger partial charge is 0.430 e. The van der Waals surface area contributed by atoms with E-state index in [9.17, 15) is 27.6 Å². The van der Waals surface area contributed by atoms with Gasteiger partial charge in [0.15, 0.2) is 11.8 Å². The summed E-state index contributed by atoms with van der Waals surface area (Å²) in [6, 6.07) is 14.8. The van der Waals surface area contributed by atoms with Crippen LogP contribution in [0.1, 0.15) is 51.2 Å². The third-order valence-corrected chi connectivity index (χ3v) is 11.2. The average Bonchev–Trinajstić information content (AvgIpc) is 3.43.